The lowest BCUT2D eigenvalue weighted by atomic mass is 10.1. The van der Waals surface area contributed by atoms with E-state index in [2.05, 4.69) is 20.8 Å². The van der Waals surface area contributed by atoms with Crippen molar-refractivity contribution in [1.82, 2.24) is 4.98 Å². The molecule has 0 spiro atoms. The zero-order chi connectivity index (χ0) is 20.5. The summed E-state index contributed by atoms with van der Waals surface area (Å²) in [4.78, 5) is 50.7. The van der Waals surface area contributed by atoms with E-state index in [0.717, 1.165) is 11.3 Å². The first-order valence-electron chi connectivity index (χ1n) is 8.71. The Morgan fingerprint density at radius 2 is 1.89 bits per heavy atom. The predicted octanol–water partition coefficient (Wildman–Crippen LogP) is 4.24. The lowest BCUT2D eigenvalue weighted by molar-refractivity contribution is -0.134. The van der Waals surface area contributed by atoms with Gasteiger partial charge in [-0.25, -0.2) is 4.98 Å². The van der Waals surface area contributed by atoms with Gasteiger partial charge in [0.1, 0.15) is 5.75 Å². The second kappa shape index (κ2) is 10.3. The Balaban J connectivity index is 2.26. The van der Waals surface area contributed by atoms with Crippen molar-refractivity contribution in [3.05, 3.63) is 34.9 Å². The molecule has 28 heavy (non-hydrogen) atoms. The number of rotatable bonds is 9. The van der Waals surface area contributed by atoms with Crippen LogP contribution in [0.5, 0.6) is 5.75 Å². The average molecular weight is 404 g/mol. The molecule has 1 aromatic carbocycles. The molecule has 0 atom stereocenters. The van der Waals surface area contributed by atoms with Crippen LogP contribution in [0.1, 0.15) is 49.9 Å². The van der Waals surface area contributed by atoms with Gasteiger partial charge in [-0.15, -0.1) is 4.91 Å². The largest absolute Gasteiger partial charge is 0.426 e. The maximum Gasteiger partial charge on any atom is 0.311 e. The molecule has 2 aromatic rings. The highest BCUT2D eigenvalue weighted by Crippen LogP contribution is 2.28. The predicted molar refractivity (Wildman–Crippen MR) is 106 cm³/mol. The van der Waals surface area contributed by atoms with E-state index in [4.69, 9.17) is 4.74 Å². The third-order valence-corrected chi connectivity index (χ3v) is 4.26. The Morgan fingerprint density at radius 3 is 2.54 bits per heavy atom. The zero-order valence-electron chi connectivity index (χ0n) is 15.5. The van der Waals surface area contributed by atoms with Crippen molar-refractivity contribution in [2.24, 2.45) is 5.18 Å². The molecule has 0 fully saturated rings. The third-order valence-electron chi connectivity index (χ3n) is 3.47. The first kappa shape index (κ1) is 21.2. The van der Waals surface area contributed by atoms with E-state index in [1.165, 1.54) is 18.3 Å². The lowest BCUT2D eigenvalue weighted by Gasteiger charge is -2.12. The Hall–Kier alpha value is -3.14. The van der Waals surface area contributed by atoms with Crippen molar-refractivity contribution in [1.29, 1.82) is 0 Å². The average Bonchev–Trinajstić information content (AvgIpc) is 3.09. The molecule has 2 rings (SSSR count). The van der Waals surface area contributed by atoms with E-state index in [9.17, 15) is 19.3 Å². The molecule has 0 bridgehead atoms. The van der Waals surface area contributed by atoms with E-state index >= 15 is 0 Å². The molecular formula is C18H20N4O5S. The molecule has 9 nitrogen and oxygen atoms in total. The van der Waals surface area contributed by atoms with Crippen molar-refractivity contribution in [3.63, 3.8) is 0 Å². The highest BCUT2D eigenvalue weighted by atomic mass is 32.1. The summed E-state index contributed by atoms with van der Waals surface area (Å²) in [5, 5.41) is 8.28. The number of carbonyl (C=O) groups is 3. The van der Waals surface area contributed by atoms with Gasteiger partial charge in [-0.05, 0) is 30.2 Å². The van der Waals surface area contributed by atoms with Gasteiger partial charge in [-0.1, -0.05) is 25.2 Å². The molecule has 0 radical (unpaired) electrons. The number of nitrogens with one attached hydrogen (secondary N) is 2. The molecule has 0 aliphatic heterocycles. The number of nitroso groups, excluding NO2 is 1. The number of hydrogen-bond donors (Lipinski definition) is 2. The molecule has 148 valence electrons. The number of nitrogens with zero attached hydrogens (tertiary/aromatic N) is 2. The standard InChI is InChI=1S/C18H20N4O5S/c1-3-5-14(23)20-11-7-8-12(13(9-11)27-16(24)6-4-2)17(25)21-18-19-10-15(22-26)28-18/h7-10H,3-6H2,1-2H3,(H,20,23)(H,19,21,25). The minimum absolute atomic E-state index is 0.0236. The van der Waals surface area contributed by atoms with Gasteiger partial charge >= 0.3 is 5.97 Å². The number of thiazole rings is 1. The summed E-state index contributed by atoms with van der Waals surface area (Å²) in [6, 6.07) is 4.41. The van der Waals surface area contributed by atoms with Crippen molar-refractivity contribution in [2.45, 2.75) is 39.5 Å². The van der Waals surface area contributed by atoms with Gasteiger partial charge in [0.15, 0.2) is 10.1 Å². The molecule has 0 aliphatic rings. The second-order valence-electron chi connectivity index (χ2n) is 5.78. The van der Waals surface area contributed by atoms with E-state index in [0.29, 0.717) is 24.9 Å². The number of amides is 2. The summed E-state index contributed by atoms with van der Waals surface area (Å²) in [5.74, 6) is -1.22. The fourth-order valence-electron chi connectivity index (χ4n) is 2.23. The summed E-state index contributed by atoms with van der Waals surface area (Å²) >= 11 is 0.914. The van der Waals surface area contributed by atoms with Gasteiger partial charge in [0.25, 0.3) is 5.91 Å². The van der Waals surface area contributed by atoms with Crippen LogP contribution in [0, 0.1) is 4.91 Å². The Kier molecular flexibility index (Phi) is 7.76. The van der Waals surface area contributed by atoms with Gasteiger partial charge in [0.05, 0.1) is 11.8 Å². The monoisotopic (exact) mass is 404 g/mol. The van der Waals surface area contributed by atoms with Gasteiger partial charge < -0.3 is 10.1 Å². The Bertz CT molecular complexity index is 881. The number of carbonyl (C=O) groups excluding carboxylic acids is 3. The van der Waals surface area contributed by atoms with Crippen LogP contribution in [-0.2, 0) is 9.59 Å². The summed E-state index contributed by atoms with van der Waals surface area (Å²) in [5.41, 5.74) is 0.504. The molecule has 0 unspecified atom stereocenters. The van der Waals surface area contributed by atoms with Crippen LogP contribution in [0.4, 0.5) is 15.8 Å². The van der Waals surface area contributed by atoms with Crippen LogP contribution in [0.25, 0.3) is 0 Å². The van der Waals surface area contributed by atoms with Gasteiger partial charge in [-0.2, -0.15) is 0 Å². The highest BCUT2D eigenvalue weighted by Gasteiger charge is 2.18. The summed E-state index contributed by atoms with van der Waals surface area (Å²) < 4.78 is 5.32. The normalized spacial score (nSPS) is 10.2. The van der Waals surface area contributed by atoms with Crippen molar-refractivity contribution in [2.75, 3.05) is 10.6 Å². The smallest absolute Gasteiger partial charge is 0.311 e. The molecular weight excluding hydrogens is 384 g/mol. The van der Waals surface area contributed by atoms with Crippen LogP contribution >= 0.6 is 11.3 Å². The fourth-order valence-corrected chi connectivity index (χ4v) is 2.82. The molecule has 1 heterocycles. The zero-order valence-corrected chi connectivity index (χ0v) is 16.3. The van der Waals surface area contributed by atoms with E-state index in [-0.39, 0.29) is 33.8 Å². The fraction of sp³-hybridized carbons (Fsp3) is 0.333. The molecule has 0 saturated carbocycles. The highest BCUT2D eigenvalue weighted by molar-refractivity contribution is 7.19. The van der Waals surface area contributed by atoms with Crippen LogP contribution in [0.2, 0.25) is 0 Å². The maximum atomic E-state index is 12.6. The number of hydrogen-bond acceptors (Lipinski definition) is 8. The second-order valence-corrected chi connectivity index (χ2v) is 6.79. The SMILES string of the molecule is CCCC(=O)Nc1ccc(C(=O)Nc2ncc(N=O)s2)c(OC(=O)CCC)c1. The van der Waals surface area contributed by atoms with E-state index < -0.39 is 11.9 Å². The molecule has 10 heteroatoms. The number of anilines is 2. The maximum absolute atomic E-state index is 12.6. The van der Waals surface area contributed by atoms with Crippen molar-refractivity contribution in [3.8, 4) is 5.75 Å². The molecule has 0 saturated heterocycles. The summed E-state index contributed by atoms with van der Waals surface area (Å²) in [6.07, 6.45) is 3.06. The van der Waals surface area contributed by atoms with Crippen LogP contribution in [0.3, 0.4) is 0 Å². The minimum atomic E-state index is -0.572. The number of benzene rings is 1. The lowest BCUT2D eigenvalue weighted by Crippen LogP contribution is -2.17. The first-order valence-corrected chi connectivity index (χ1v) is 9.53. The van der Waals surface area contributed by atoms with Crippen LogP contribution in [-0.4, -0.2) is 22.8 Å². The molecule has 2 amide bonds. The Labute approximate surface area is 165 Å². The summed E-state index contributed by atoms with van der Waals surface area (Å²) in [6.45, 7) is 3.71. The third kappa shape index (κ3) is 5.95. The van der Waals surface area contributed by atoms with Gasteiger partial charge in [-0.3, -0.25) is 19.7 Å². The van der Waals surface area contributed by atoms with Gasteiger partial charge in [0.2, 0.25) is 5.91 Å². The molecule has 2 N–H and O–H groups in total. The molecule has 0 aliphatic carbocycles. The van der Waals surface area contributed by atoms with E-state index in [1.807, 2.05) is 13.8 Å². The number of ether oxygens (including phenoxy) is 1. The van der Waals surface area contributed by atoms with Crippen LogP contribution in [0.15, 0.2) is 29.6 Å². The first-order chi connectivity index (χ1) is 13.5. The van der Waals surface area contributed by atoms with Crippen molar-refractivity contribution < 1.29 is 19.1 Å². The number of aromatic nitrogens is 1. The molecule has 1 aromatic heterocycles. The van der Waals surface area contributed by atoms with E-state index in [1.54, 1.807) is 6.07 Å². The Morgan fingerprint density at radius 1 is 1.14 bits per heavy atom. The quantitative estimate of drug-likeness (QED) is 0.366. The summed E-state index contributed by atoms with van der Waals surface area (Å²) in [7, 11) is 0. The minimum Gasteiger partial charge on any atom is -0.426 e. The van der Waals surface area contributed by atoms with Crippen molar-refractivity contribution >= 4 is 44.9 Å². The van der Waals surface area contributed by atoms with Crippen LogP contribution < -0.4 is 15.4 Å². The topological polar surface area (TPSA) is 127 Å². The van der Waals surface area contributed by atoms with Gasteiger partial charge in [0, 0.05) is 24.6 Å². The number of esters is 1.